The van der Waals surface area contributed by atoms with Crippen molar-refractivity contribution in [3.8, 4) is 0 Å². The lowest BCUT2D eigenvalue weighted by atomic mass is 9.94. The molecule has 0 bridgehead atoms. The zero-order chi connectivity index (χ0) is 20.8. The Morgan fingerprint density at radius 1 is 1.28 bits per heavy atom. The Morgan fingerprint density at radius 2 is 2.03 bits per heavy atom. The summed E-state index contributed by atoms with van der Waals surface area (Å²) >= 11 is 0. The van der Waals surface area contributed by atoms with Crippen LogP contribution in [0.5, 0.6) is 0 Å². The standard InChI is InChI=1S/C24H32N4O/c1-5-21-20(16-26-24(21)25-4)12-9-13-22-17(2)27-28(18(22)3)23(29)15-14-19-10-7-6-8-11-19/h5-8,10-11,20H,9,12-16H2,1-4H3,(H,25,26)/b21-5-. The SMILES string of the molecule is C/C=C1\C(=NC)NCC1CCCc1c(C)nn(C(=O)CCc2ccccc2)c1C. The minimum absolute atomic E-state index is 0.0701. The first-order chi connectivity index (χ1) is 14.0. The molecule has 1 atom stereocenters. The van der Waals surface area contributed by atoms with E-state index < -0.39 is 0 Å². The molecule has 1 aliphatic heterocycles. The van der Waals surface area contributed by atoms with Gasteiger partial charge in [-0.15, -0.1) is 0 Å². The maximum absolute atomic E-state index is 12.7. The van der Waals surface area contributed by atoms with Crippen LogP contribution in [0.15, 0.2) is 47.0 Å². The Kier molecular flexibility index (Phi) is 7.02. The number of carbonyl (C=O) groups excluding carboxylic acids is 1. The zero-order valence-corrected chi connectivity index (χ0v) is 18.0. The second kappa shape index (κ2) is 9.68. The molecule has 0 amide bonds. The number of amidine groups is 1. The quantitative estimate of drug-likeness (QED) is 0.765. The number of nitrogens with one attached hydrogen (secondary N) is 1. The first kappa shape index (κ1) is 21.0. The van der Waals surface area contributed by atoms with E-state index >= 15 is 0 Å². The van der Waals surface area contributed by atoms with Crippen LogP contribution >= 0.6 is 0 Å². The van der Waals surface area contributed by atoms with Crippen LogP contribution in [0.4, 0.5) is 0 Å². The number of hydrogen-bond donors (Lipinski definition) is 1. The van der Waals surface area contributed by atoms with Gasteiger partial charge in [-0.05, 0) is 63.2 Å². The van der Waals surface area contributed by atoms with Gasteiger partial charge in [0, 0.05) is 31.6 Å². The summed E-state index contributed by atoms with van der Waals surface area (Å²) in [4.78, 5) is 17.0. The van der Waals surface area contributed by atoms with Crippen LogP contribution in [-0.4, -0.2) is 35.1 Å². The van der Waals surface area contributed by atoms with Crippen molar-refractivity contribution in [3.63, 3.8) is 0 Å². The van der Waals surface area contributed by atoms with Crippen molar-refractivity contribution < 1.29 is 4.79 Å². The zero-order valence-electron chi connectivity index (χ0n) is 18.0. The van der Waals surface area contributed by atoms with Crippen molar-refractivity contribution in [3.05, 3.63) is 64.5 Å². The third-order valence-corrected chi connectivity index (χ3v) is 5.89. The minimum atomic E-state index is 0.0701. The summed E-state index contributed by atoms with van der Waals surface area (Å²) in [6, 6.07) is 10.1. The lowest BCUT2D eigenvalue weighted by Crippen LogP contribution is -2.15. The van der Waals surface area contributed by atoms with Gasteiger partial charge in [0.25, 0.3) is 0 Å². The third-order valence-electron chi connectivity index (χ3n) is 5.89. The number of aliphatic imine (C=N–C) groups is 1. The number of carbonyl (C=O) groups is 1. The van der Waals surface area contributed by atoms with Gasteiger partial charge in [-0.3, -0.25) is 9.79 Å². The number of nitrogens with zero attached hydrogens (tertiary/aromatic N) is 3. The summed E-state index contributed by atoms with van der Waals surface area (Å²) < 4.78 is 1.62. The van der Waals surface area contributed by atoms with E-state index in [1.54, 1.807) is 4.68 Å². The predicted molar refractivity (Wildman–Crippen MR) is 119 cm³/mol. The van der Waals surface area contributed by atoms with E-state index in [2.05, 4.69) is 40.5 Å². The molecule has 29 heavy (non-hydrogen) atoms. The normalized spacial score (nSPS) is 19.1. The molecule has 1 saturated heterocycles. The highest BCUT2D eigenvalue weighted by Gasteiger charge is 2.25. The molecule has 1 aromatic carbocycles. The molecule has 2 aromatic rings. The molecule has 1 N–H and O–H groups in total. The number of aryl methyl sites for hydroxylation is 2. The fourth-order valence-electron chi connectivity index (χ4n) is 4.27. The van der Waals surface area contributed by atoms with Crippen molar-refractivity contribution in [2.24, 2.45) is 10.9 Å². The molecule has 5 nitrogen and oxygen atoms in total. The monoisotopic (exact) mass is 392 g/mol. The van der Waals surface area contributed by atoms with Gasteiger partial charge >= 0.3 is 0 Å². The largest absolute Gasteiger partial charge is 0.370 e. The molecule has 1 unspecified atom stereocenters. The number of hydrogen-bond acceptors (Lipinski definition) is 3. The maximum atomic E-state index is 12.7. The van der Waals surface area contributed by atoms with Gasteiger partial charge in [-0.1, -0.05) is 36.4 Å². The Bertz CT molecular complexity index is 908. The molecular weight excluding hydrogens is 360 g/mol. The Balaban J connectivity index is 1.58. The minimum Gasteiger partial charge on any atom is -0.370 e. The van der Waals surface area contributed by atoms with Crippen LogP contribution in [0, 0.1) is 19.8 Å². The fraction of sp³-hybridized carbons (Fsp3) is 0.458. The van der Waals surface area contributed by atoms with Crippen LogP contribution < -0.4 is 5.32 Å². The van der Waals surface area contributed by atoms with Crippen LogP contribution in [0.1, 0.15) is 53.5 Å². The lowest BCUT2D eigenvalue weighted by Gasteiger charge is -2.10. The van der Waals surface area contributed by atoms with E-state index in [1.165, 1.54) is 16.7 Å². The molecule has 154 valence electrons. The van der Waals surface area contributed by atoms with Gasteiger partial charge in [-0.2, -0.15) is 5.10 Å². The molecule has 2 heterocycles. The van der Waals surface area contributed by atoms with Crippen LogP contribution in [0.2, 0.25) is 0 Å². The van der Waals surface area contributed by atoms with Crippen LogP contribution in [0.3, 0.4) is 0 Å². The van der Waals surface area contributed by atoms with Gasteiger partial charge in [0.1, 0.15) is 5.84 Å². The van der Waals surface area contributed by atoms with E-state index in [-0.39, 0.29) is 5.91 Å². The summed E-state index contributed by atoms with van der Waals surface area (Å²) in [6.45, 7) is 7.08. The average Bonchev–Trinajstić information content (AvgIpc) is 3.27. The lowest BCUT2D eigenvalue weighted by molar-refractivity contribution is 0.0884. The van der Waals surface area contributed by atoms with Gasteiger partial charge in [0.2, 0.25) is 5.91 Å². The summed E-state index contributed by atoms with van der Waals surface area (Å²) in [5.74, 6) is 1.62. The van der Waals surface area contributed by atoms with E-state index in [0.717, 1.165) is 49.5 Å². The van der Waals surface area contributed by atoms with Crippen molar-refractivity contribution in [2.45, 2.75) is 52.9 Å². The van der Waals surface area contributed by atoms with Crippen LogP contribution in [0.25, 0.3) is 0 Å². The highest BCUT2D eigenvalue weighted by molar-refractivity contribution is 6.00. The molecule has 3 rings (SSSR count). The highest BCUT2D eigenvalue weighted by Crippen LogP contribution is 2.25. The summed E-state index contributed by atoms with van der Waals surface area (Å²) in [7, 11) is 1.84. The van der Waals surface area contributed by atoms with Gasteiger partial charge in [0.15, 0.2) is 0 Å². The average molecular weight is 393 g/mol. The Hall–Kier alpha value is -2.69. The second-order valence-electron chi connectivity index (χ2n) is 7.73. The van der Waals surface area contributed by atoms with Gasteiger partial charge < -0.3 is 5.32 Å². The number of allylic oxidation sites excluding steroid dienone is 1. The van der Waals surface area contributed by atoms with Crippen LogP contribution in [-0.2, 0) is 12.8 Å². The van der Waals surface area contributed by atoms with Crippen molar-refractivity contribution in [1.82, 2.24) is 15.1 Å². The third kappa shape index (κ3) is 4.84. The first-order valence-electron chi connectivity index (χ1n) is 10.5. The van der Waals surface area contributed by atoms with E-state index in [1.807, 2.05) is 39.1 Å². The fourth-order valence-corrected chi connectivity index (χ4v) is 4.27. The second-order valence-corrected chi connectivity index (χ2v) is 7.73. The van der Waals surface area contributed by atoms with Crippen molar-refractivity contribution in [1.29, 1.82) is 0 Å². The summed E-state index contributed by atoms with van der Waals surface area (Å²) in [5.41, 5.74) is 5.69. The maximum Gasteiger partial charge on any atom is 0.247 e. The van der Waals surface area contributed by atoms with Gasteiger partial charge in [0.05, 0.1) is 5.69 Å². The molecule has 1 aromatic heterocycles. The Labute approximate surface area is 173 Å². The predicted octanol–water partition coefficient (Wildman–Crippen LogP) is 4.29. The highest BCUT2D eigenvalue weighted by atomic mass is 16.2. The molecule has 0 radical (unpaired) electrons. The molecule has 1 aliphatic rings. The summed E-state index contributed by atoms with van der Waals surface area (Å²) in [6.07, 6.45) is 6.53. The molecule has 0 spiro atoms. The number of benzene rings is 1. The topological polar surface area (TPSA) is 59.3 Å². The molecular formula is C24H32N4O. The first-order valence-corrected chi connectivity index (χ1v) is 10.5. The smallest absolute Gasteiger partial charge is 0.247 e. The van der Waals surface area contributed by atoms with E-state index in [4.69, 9.17) is 0 Å². The van der Waals surface area contributed by atoms with E-state index in [0.29, 0.717) is 12.3 Å². The molecule has 0 aliphatic carbocycles. The molecule has 0 saturated carbocycles. The van der Waals surface area contributed by atoms with Gasteiger partial charge in [-0.25, -0.2) is 4.68 Å². The molecule has 5 heteroatoms. The number of rotatable bonds is 7. The van der Waals surface area contributed by atoms with Crippen molar-refractivity contribution >= 4 is 11.7 Å². The molecule has 1 fully saturated rings. The number of aromatic nitrogens is 2. The van der Waals surface area contributed by atoms with E-state index in [9.17, 15) is 4.79 Å². The van der Waals surface area contributed by atoms with Crippen molar-refractivity contribution in [2.75, 3.05) is 13.6 Å². The summed E-state index contributed by atoms with van der Waals surface area (Å²) in [5, 5.41) is 7.95. The Morgan fingerprint density at radius 3 is 2.72 bits per heavy atom.